The van der Waals surface area contributed by atoms with Crippen LogP contribution in [0.2, 0.25) is 0 Å². The SMILES string of the molecule is CCOc1ccccc1NC(=O)NCCc1cc(OC)c(OC)c(OC)c1. The van der Waals surface area contributed by atoms with Crippen LogP contribution in [0.4, 0.5) is 10.5 Å². The van der Waals surface area contributed by atoms with Gasteiger partial charge in [-0.3, -0.25) is 0 Å². The van der Waals surface area contributed by atoms with Gasteiger partial charge in [-0.05, 0) is 43.2 Å². The zero-order chi connectivity index (χ0) is 19.6. The van der Waals surface area contributed by atoms with Gasteiger partial charge in [-0.15, -0.1) is 0 Å². The molecule has 0 unspecified atom stereocenters. The van der Waals surface area contributed by atoms with Crippen molar-refractivity contribution in [1.29, 1.82) is 0 Å². The first-order valence-electron chi connectivity index (χ1n) is 8.68. The Labute approximate surface area is 159 Å². The maximum atomic E-state index is 12.2. The van der Waals surface area contributed by atoms with Crippen molar-refractivity contribution in [2.24, 2.45) is 0 Å². The van der Waals surface area contributed by atoms with E-state index in [1.165, 1.54) is 0 Å². The highest BCUT2D eigenvalue weighted by atomic mass is 16.5. The van der Waals surface area contributed by atoms with Gasteiger partial charge in [0.1, 0.15) is 5.75 Å². The van der Waals surface area contributed by atoms with E-state index in [0.717, 1.165) is 5.56 Å². The highest BCUT2D eigenvalue weighted by Crippen LogP contribution is 2.38. The molecule has 146 valence electrons. The molecule has 7 nitrogen and oxygen atoms in total. The van der Waals surface area contributed by atoms with Crippen molar-refractivity contribution in [2.45, 2.75) is 13.3 Å². The number of anilines is 1. The number of para-hydroxylation sites is 2. The lowest BCUT2D eigenvalue weighted by molar-refractivity contribution is 0.252. The summed E-state index contributed by atoms with van der Waals surface area (Å²) < 4.78 is 21.5. The Kier molecular flexibility index (Phi) is 7.61. The number of hydrogen-bond acceptors (Lipinski definition) is 5. The molecule has 2 aromatic carbocycles. The van der Waals surface area contributed by atoms with E-state index in [2.05, 4.69) is 10.6 Å². The fourth-order valence-electron chi connectivity index (χ4n) is 2.62. The molecule has 0 aliphatic rings. The molecular weight excluding hydrogens is 348 g/mol. The molecule has 2 N–H and O–H groups in total. The van der Waals surface area contributed by atoms with Gasteiger partial charge < -0.3 is 29.6 Å². The van der Waals surface area contributed by atoms with E-state index >= 15 is 0 Å². The van der Waals surface area contributed by atoms with Crippen LogP contribution in [0, 0.1) is 0 Å². The van der Waals surface area contributed by atoms with Crippen molar-refractivity contribution < 1.29 is 23.7 Å². The topological polar surface area (TPSA) is 78.1 Å². The standard InChI is InChI=1S/C20H26N2O5/c1-5-27-16-9-7-6-8-15(16)22-20(23)21-11-10-14-12-17(24-2)19(26-4)18(13-14)25-3/h6-9,12-13H,5,10-11H2,1-4H3,(H2,21,22,23). The molecule has 0 spiro atoms. The van der Waals surface area contributed by atoms with E-state index in [-0.39, 0.29) is 6.03 Å². The highest BCUT2D eigenvalue weighted by Gasteiger charge is 2.13. The summed E-state index contributed by atoms with van der Waals surface area (Å²) in [4.78, 5) is 12.2. The molecular formula is C20H26N2O5. The molecule has 7 heteroatoms. The minimum absolute atomic E-state index is 0.297. The van der Waals surface area contributed by atoms with Gasteiger partial charge in [0.2, 0.25) is 5.75 Å². The zero-order valence-corrected chi connectivity index (χ0v) is 16.1. The predicted molar refractivity (Wildman–Crippen MR) is 104 cm³/mol. The van der Waals surface area contributed by atoms with Gasteiger partial charge in [-0.1, -0.05) is 12.1 Å². The summed E-state index contributed by atoms with van der Waals surface area (Å²) in [6.45, 7) is 2.87. The number of hydrogen-bond donors (Lipinski definition) is 2. The average molecular weight is 374 g/mol. The van der Waals surface area contributed by atoms with Gasteiger partial charge in [0.25, 0.3) is 0 Å². The Morgan fingerprint density at radius 1 is 0.963 bits per heavy atom. The average Bonchev–Trinajstić information content (AvgIpc) is 2.68. The van der Waals surface area contributed by atoms with Crippen LogP contribution >= 0.6 is 0 Å². The van der Waals surface area contributed by atoms with Gasteiger partial charge in [0, 0.05) is 6.54 Å². The second-order valence-corrected chi connectivity index (χ2v) is 5.59. The Morgan fingerprint density at radius 2 is 1.63 bits per heavy atom. The van der Waals surface area contributed by atoms with Crippen LogP contribution in [0.15, 0.2) is 36.4 Å². The van der Waals surface area contributed by atoms with Crippen molar-refractivity contribution in [3.8, 4) is 23.0 Å². The minimum Gasteiger partial charge on any atom is -0.493 e. The molecule has 2 amide bonds. The molecule has 0 bridgehead atoms. The third-order valence-corrected chi connectivity index (χ3v) is 3.86. The fraction of sp³-hybridized carbons (Fsp3) is 0.350. The van der Waals surface area contributed by atoms with Gasteiger partial charge >= 0.3 is 6.03 Å². The second kappa shape index (κ2) is 10.2. The van der Waals surface area contributed by atoms with Crippen LogP contribution in [-0.2, 0) is 6.42 Å². The van der Waals surface area contributed by atoms with E-state index < -0.39 is 0 Å². The van der Waals surface area contributed by atoms with E-state index in [4.69, 9.17) is 18.9 Å². The lowest BCUT2D eigenvalue weighted by Crippen LogP contribution is -2.30. The molecule has 0 heterocycles. The number of carbonyl (C=O) groups is 1. The lowest BCUT2D eigenvalue weighted by atomic mass is 10.1. The van der Waals surface area contributed by atoms with Gasteiger partial charge in [0.05, 0.1) is 33.6 Å². The molecule has 2 aromatic rings. The van der Waals surface area contributed by atoms with Gasteiger partial charge in [-0.2, -0.15) is 0 Å². The third-order valence-electron chi connectivity index (χ3n) is 3.86. The largest absolute Gasteiger partial charge is 0.493 e. The van der Waals surface area contributed by atoms with E-state index in [9.17, 15) is 4.79 Å². The quantitative estimate of drug-likeness (QED) is 0.703. The Morgan fingerprint density at radius 3 is 2.22 bits per heavy atom. The summed E-state index contributed by atoms with van der Waals surface area (Å²) in [7, 11) is 4.71. The van der Waals surface area contributed by atoms with Crippen LogP contribution in [0.25, 0.3) is 0 Å². The van der Waals surface area contributed by atoms with Crippen LogP contribution in [0.5, 0.6) is 23.0 Å². The molecule has 0 aliphatic carbocycles. The molecule has 0 aliphatic heterocycles. The number of methoxy groups -OCH3 is 3. The first-order chi connectivity index (χ1) is 13.1. The van der Waals surface area contributed by atoms with E-state index in [0.29, 0.717) is 48.3 Å². The summed E-state index contributed by atoms with van der Waals surface area (Å²) in [5.74, 6) is 2.35. The number of urea groups is 1. The van der Waals surface area contributed by atoms with E-state index in [1.54, 1.807) is 27.4 Å². The second-order valence-electron chi connectivity index (χ2n) is 5.59. The van der Waals surface area contributed by atoms with Gasteiger partial charge in [0.15, 0.2) is 11.5 Å². The molecule has 0 fully saturated rings. The Hall–Kier alpha value is -3.09. The number of amides is 2. The summed E-state index contributed by atoms with van der Waals surface area (Å²) in [6, 6.07) is 10.7. The first kappa shape index (κ1) is 20.2. The smallest absolute Gasteiger partial charge is 0.319 e. The van der Waals surface area contributed by atoms with Crippen molar-refractivity contribution >= 4 is 11.7 Å². The summed E-state index contributed by atoms with van der Waals surface area (Å²) >= 11 is 0. The monoisotopic (exact) mass is 374 g/mol. The third kappa shape index (κ3) is 5.44. The lowest BCUT2D eigenvalue weighted by Gasteiger charge is -2.15. The Bertz CT molecular complexity index is 739. The van der Waals surface area contributed by atoms with E-state index in [1.807, 2.05) is 37.3 Å². The number of ether oxygens (including phenoxy) is 4. The molecule has 0 radical (unpaired) electrons. The fourth-order valence-corrected chi connectivity index (χ4v) is 2.62. The molecule has 0 atom stereocenters. The van der Waals surface area contributed by atoms with Crippen molar-refractivity contribution in [3.63, 3.8) is 0 Å². The summed E-state index contributed by atoms with van der Waals surface area (Å²) in [5, 5.41) is 5.63. The number of benzene rings is 2. The predicted octanol–water partition coefficient (Wildman–Crippen LogP) is 3.48. The molecule has 0 aromatic heterocycles. The molecule has 2 rings (SSSR count). The summed E-state index contributed by atoms with van der Waals surface area (Å²) in [6.07, 6.45) is 0.608. The van der Waals surface area contributed by atoms with Crippen molar-refractivity contribution in [2.75, 3.05) is 39.8 Å². The maximum absolute atomic E-state index is 12.2. The number of carbonyl (C=O) groups excluding carboxylic acids is 1. The highest BCUT2D eigenvalue weighted by molar-refractivity contribution is 5.90. The minimum atomic E-state index is -0.297. The maximum Gasteiger partial charge on any atom is 0.319 e. The number of nitrogens with one attached hydrogen (secondary N) is 2. The van der Waals surface area contributed by atoms with Crippen molar-refractivity contribution in [1.82, 2.24) is 5.32 Å². The van der Waals surface area contributed by atoms with Crippen LogP contribution in [0.3, 0.4) is 0 Å². The van der Waals surface area contributed by atoms with Gasteiger partial charge in [-0.25, -0.2) is 4.79 Å². The van der Waals surface area contributed by atoms with Crippen molar-refractivity contribution in [3.05, 3.63) is 42.0 Å². The first-order valence-corrected chi connectivity index (χ1v) is 8.68. The summed E-state index contributed by atoms with van der Waals surface area (Å²) in [5.41, 5.74) is 1.59. The number of rotatable bonds is 9. The van der Waals surface area contributed by atoms with Crippen LogP contribution in [-0.4, -0.2) is 40.5 Å². The van der Waals surface area contributed by atoms with Crippen LogP contribution < -0.4 is 29.6 Å². The normalized spacial score (nSPS) is 10.1. The molecule has 27 heavy (non-hydrogen) atoms. The molecule has 0 saturated heterocycles. The zero-order valence-electron chi connectivity index (χ0n) is 16.1. The Balaban J connectivity index is 1.95. The van der Waals surface area contributed by atoms with Crippen LogP contribution in [0.1, 0.15) is 12.5 Å². The molecule has 0 saturated carbocycles.